The van der Waals surface area contributed by atoms with Crippen molar-refractivity contribution in [3.8, 4) is 0 Å². The first kappa shape index (κ1) is 20.8. The molecule has 2 aromatic heterocycles. The van der Waals surface area contributed by atoms with Crippen molar-refractivity contribution in [3.63, 3.8) is 0 Å². The second-order valence-electron chi connectivity index (χ2n) is 8.45. The molecule has 0 radical (unpaired) electrons. The molecule has 1 N–H and O–H groups in total. The summed E-state index contributed by atoms with van der Waals surface area (Å²) >= 11 is 0. The molecule has 1 aliphatic carbocycles. The average molecular weight is 408 g/mol. The van der Waals surface area contributed by atoms with Crippen molar-refractivity contribution in [2.24, 2.45) is 0 Å². The van der Waals surface area contributed by atoms with Gasteiger partial charge in [0.05, 0.1) is 6.54 Å². The molecule has 2 aliphatic rings. The van der Waals surface area contributed by atoms with Gasteiger partial charge in [0.1, 0.15) is 0 Å². The Morgan fingerprint density at radius 2 is 1.97 bits per heavy atom. The average Bonchev–Trinajstić information content (AvgIpc) is 2.93. The van der Waals surface area contributed by atoms with Crippen LogP contribution in [0.3, 0.4) is 0 Å². The van der Waals surface area contributed by atoms with Gasteiger partial charge in [-0.3, -0.25) is 14.5 Å². The maximum absolute atomic E-state index is 13.3. The zero-order valence-corrected chi connectivity index (χ0v) is 17.9. The van der Waals surface area contributed by atoms with E-state index >= 15 is 0 Å². The molecule has 1 saturated heterocycles. The number of nitrogens with one attached hydrogen (secondary N) is 1. The Balaban J connectivity index is 1.46. The second-order valence-corrected chi connectivity index (χ2v) is 8.45. The van der Waals surface area contributed by atoms with Crippen LogP contribution in [0.5, 0.6) is 0 Å². The molecule has 1 fully saturated rings. The molecule has 6 heteroatoms. The van der Waals surface area contributed by atoms with Crippen molar-refractivity contribution in [1.29, 1.82) is 0 Å². The predicted octanol–water partition coefficient (Wildman–Crippen LogP) is 3.17. The third kappa shape index (κ3) is 4.81. The van der Waals surface area contributed by atoms with Crippen LogP contribution in [-0.4, -0.2) is 51.2 Å². The number of likely N-dealkylation sites (tertiary alicyclic amines) is 1. The summed E-state index contributed by atoms with van der Waals surface area (Å²) in [5, 5.41) is 8.47. The normalized spacial score (nSPS) is 19.2. The van der Waals surface area contributed by atoms with Crippen LogP contribution in [0.4, 0.5) is 0 Å². The summed E-state index contributed by atoms with van der Waals surface area (Å²) in [6.07, 6.45) is 14.1. The van der Waals surface area contributed by atoms with Crippen molar-refractivity contribution in [2.45, 2.75) is 64.0 Å². The fraction of sp³-hybridized carbons (Fsp3) is 0.542. The number of hydrogen-bond acceptors (Lipinski definition) is 4. The molecule has 0 unspecified atom stereocenters. The highest BCUT2D eigenvalue weighted by Crippen LogP contribution is 2.27. The monoisotopic (exact) mass is 407 g/mol. The number of carbonyl (C=O) groups is 1. The number of rotatable bonds is 7. The molecule has 1 aliphatic heterocycles. The van der Waals surface area contributed by atoms with Gasteiger partial charge in [0.25, 0.3) is 5.91 Å². The lowest BCUT2D eigenvalue weighted by atomic mass is 9.91. The summed E-state index contributed by atoms with van der Waals surface area (Å²) < 4.78 is 2.00. The lowest BCUT2D eigenvalue weighted by molar-refractivity contribution is 0.0753. The fourth-order valence-electron chi connectivity index (χ4n) is 4.70. The molecule has 0 aromatic carbocycles. The van der Waals surface area contributed by atoms with Gasteiger partial charge >= 0.3 is 0 Å². The number of allylic oxidation sites excluding steroid dienone is 1. The topological polar surface area (TPSA) is 63.1 Å². The van der Waals surface area contributed by atoms with Crippen molar-refractivity contribution in [2.75, 3.05) is 19.6 Å². The van der Waals surface area contributed by atoms with Crippen LogP contribution >= 0.6 is 0 Å². The number of nitrogens with zero attached hydrogens (tertiary/aromatic N) is 4. The van der Waals surface area contributed by atoms with Gasteiger partial charge in [0.15, 0.2) is 5.69 Å². The Bertz CT molecular complexity index is 852. The minimum atomic E-state index is 0.119. The summed E-state index contributed by atoms with van der Waals surface area (Å²) in [4.78, 5) is 19.5. The highest BCUT2D eigenvalue weighted by molar-refractivity contribution is 5.94. The Hall–Kier alpha value is -2.47. The first-order valence-electron chi connectivity index (χ1n) is 11.4. The third-order valence-electron chi connectivity index (χ3n) is 6.34. The van der Waals surface area contributed by atoms with E-state index in [0.717, 1.165) is 63.7 Å². The molecule has 4 rings (SSSR count). The molecule has 3 heterocycles. The maximum Gasteiger partial charge on any atom is 0.274 e. The number of amides is 1. The van der Waals surface area contributed by atoms with Gasteiger partial charge in [0.2, 0.25) is 0 Å². The summed E-state index contributed by atoms with van der Waals surface area (Å²) in [7, 11) is 0. The van der Waals surface area contributed by atoms with Gasteiger partial charge in [-0.1, -0.05) is 18.9 Å². The van der Waals surface area contributed by atoms with Crippen molar-refractivity contribution < 1.29 is 4.79 Å². The smallest absolute Gasteiger partial charge is 0.274 e. The minimum absolute atomic E-state index is 0.119. The second kappa shape index (κ2) is 10.0. The van der Waals surface area contributed by atoms with E-state index in [4.69, 9.17) is 5.10 Å². The van der Waals surface area contributed by atoms with Gasteiger partial charge in [0, 0.05) is 42.8 Å². The SMILES string of the molecule is C=CCn1nc(C(=O)N2CCCCCC2)c2c1CC[C@@H](NCCc1ccncc1)C2. The Labute approximate surface area is 179 Å². The van der Waals surface area contributed by atoms with Crippen LogP contribution in [0.25, 0.3) is 0 Å². The van der Waals surface area contributed by atoms with E-state index < -0.39 is 0 Å². The van der Waals surface area contributed by atoms with Gasteiger partial charge < -0.3 is 10.2 Å². The zero-order valence-electron chi connectivity index (χ0n) is 17.9. The molecule has 160 valence electrons. The number of pyridine rings is 1. The van der Waals surface area contributed by atoms with Gasteiger partial charge in [-0.25, -0.2) is 0 Å². The number of carbonyl (C=O) groups excluding carboxylic acids is 1. The summed E-state index contributed by atoms with van der Waals surface area (Å²) in [6, 6.07) is 4.52. The maximum atomic E-state index is 13.3. The lowest BCUT2D eigenvalue weighted by Gasteiger charge is -2.25. The van der Waals surface area contributed by atoms with E-state index in [1.807, 2.05) is 28.1 Å². The van der Waals surface area contributed by atoms with Crippen LogP contribution in [0.2, 0.25) is 0 Å². The summed E-state index contributed by atoms with van der Waals surface area (Å²) in [6.45, 7) is 7.18. The molecule has 1 atom stereocenters. The summed E-state index contributed by atoms with van der Waals surface area (Å²) in [5.74, 6) is 0.119. The molecule has 2 aromatic rings. The first-order valence-corrected chi connectivity index (χ1v) is 11.4. The predicted molar refractivity (Wildman–Crippen MR) is 119 cm³/mol. The number of aromatic nitrogens is 3. The quantitative estimate of drug-likeness (QED) is 0.716. The fourth-order valence-corrected chi connectivity index (χ4v) is 4.70. The van der Waals surface area contributed by atoms with Crippen LogP contribution in [0, 0.1) is 0 Å². The molecule has 0 saturated carbocycles. The highest BCUT2D eigenvalue weighted by Gasteiger charge is 2.31. The molecular weight excluding hydrogens is 374 g/mol. The van der Waals surface area contributed by atoms with Gasteiger partial charge in [-0.2, -0.15) is 5.10 Å². The van der Waals surface area contributed by atoms with E-state index in [-0.39, 0.29) is 5.91 Å². The third-order valence-corrected chi connectivity index (χ3v) is 6.34. The zero-order chi connectivity index (χ0) is 20.8. The minimum Gasteiger partial charge on any atom is -0.337 e. The highest BCUT2D eigenvalue weighted by atomic mass is 16.2. The molecule has 30 heavy (non-hydrogen) atoms. The molecule has 1 amide bonds. The van der Waals surface area contributed by atoms with Gasteiger partial charge in [-0.05, 0) is 62.8 Å². The molecule has 6 nitrogen and oxygen atoms in total. The Morgan fingerprint density at radius 1 is 1.20 bits per heavy atom. The number of fused-ring (bicyclic) bond motifs is 1. The van der Waals surface area contributed by atoms with Crippen LogP contribution in [0.15, 0.2) is 37.2 Å². The molecule has 0 bridgehead atoms. The Morgan fingerprint density at radius 3 is 2.70 bits per heavy atom. The van der Waals surface area contributed by atoms with Gasteiger partial charge in [-0.15, -0.1) is 6.58 Å². The first-order chi connectivity index (χ1) is 14.8. The van der Waals surface area contributed by atoms with Crippen molar-refractivity contribution in [1.82, 2.24) is 25.0 Å². The van der Waals surface area contributed by atoms with E-state index in [9.17, 15) is 4.79 Å². The van der Waals surface area contributed by atoms with E-state index in [1.165, 1.54) is 24.1 Å². The van der Waals surface area contributed by atoms with Crippen LogP contribution in [-0.2, 0) is 25.8 Å². The molecule has 0 spiro atoms. The standard InChI is InChI=1S/C24H33N5O/c1-2-15-29-22-8-7-20(26-14-11-19-9-12-25-13-10-19)18-21(22)23(27-29)24(30)28-16-5-3-4-6-17-28/h2,9-10,12-13,20,26H,1,3-8,11,14-18H2/t20-/m1/s1. The van der Waals surface area contributed by atoms with Crippen molar-refractivity contribution in [3.05, 3.63) is 59.7 Å². The summed E-state index contributed by atoms with van der Waals surface area (Å²) in [5.41, 5.74) is 4.35. The number of hydrogen-bond donors (Lipinski definition) is 1. The van der Waals surface area contributed by atoms with E-state index in [2.05, 4.69) is 29.0 Å². The molecular formula is C24H33N5O. The largest absolute Gasteiger partial charge is 0.337 e. The van der Waals surface area contributed by atoms with E-state index in [0.29, 0.717) is 18.3 Å². The van der Waals surface area contributed by atoms with Crippen LogP contribution < -0.4 is 5.32 Å². The van der Waals surface area contributed by atoms with Crippen molar-refractivity contribution >= 4 is 5.91 Å². The Kier molecular flexibility index (Phi) is 6.95. The van der Waals surface area contributed by atoms with E-state index in [1.54, 1.807) is 0 Å². The van der Waals surface area contributed by atoms with Crippen LogP contribution in [0.1, 0.15) is 59.4 Å². The lowest BCUT2D eigenvalue weighted by Crippen LogP contribution is -2.37.